The molecule has 238 valence electrons. The van der Waals surface area contributed by atoms with Crippen molar-refractivity contribution in [2.75, 3.05) is 32.3 Å². The highest BCUT2D eigenvalue weighted by atomic mass is 32.7. The highest BCUT2D eigenvalue weighted by Crippen LogP contribution is 2.57. The summed E-state index contributed by atoms with van der Waals surface area (Å²) in [5, 5.41) is 27.4. The smallest absolute Gasteiger partial charge is 0.327 e. The van der Waals surface area contributed by atoms with E-state index in [1.807, 2.05) is 0 Å². The zero-order valence-corrected chi connectivity index (χ0v) is 26.0. The summed E-state index contributed by atoms with van der Waals surface area (Å²) in [5.41, 5.74) is 4.27. The molecular weight excluding hydrogens is 611 g/mol. The lowest BCUT2D eigenvalue weighted by molar-refractivity contribution is -0.149. The van der Waals surface area contributed by atoms with Crippen LogP contribution >= 0.6 is 18.1 Å². The number of aliphatic hydroxyl groups excluding tert-OH is 1. The minimum Gasteiger partial charge on any atom is -0.479 e. The Morgan fingerprint density at radius 3 is 2.65 bits per heavy atom. The van der Waals surface area contributed by atoms with Crippen molar-refractivity contribution in [3.63, 3.8) is 0 Å². The molecule has 0 aromatic carbocycles. The van der Waals surface area contributed by atoms with Crippen LogP contribution in [0.1, 0.15) is 33.9 Å². The molecule has 2 aliphatic rings. The number of aliphatic hydroxyl groups is 2. The number of aromatic nitrogens is 4. The third kappa shape index (κ3) is 6.72. The number of hydrogen-bond donors (Lipinski definition) is 5. The van der Waals surface area contributed by atoms with Gasteiger partial charge in [0.1, 0.15) is 29.9 Å². The Morgan fingerprint density at radius 2 is 2.05 bits per heavy atom. The van der Waals surface area contributed by atoms with Gasteiger partial charge in [0.05, 0.1) is 26.1 Å². The van der Waals surface area contributed by atoms with Gasteiger partial charge in [-0.25, -0.2) is 14.9 Å². The number of hydrogen-bond acceptors (Lipinski definition) is 15. The number of likely N-dealkylation sites (N-methyl/N-ethyl adjacent to an activating group) is 1. The number of fused-ring (bicyclic) bond motifs is 1. The van der Waals surface area contributed by atoms with E-state index >= 15 is 0 Å². The number of nitrogens with one attached hydrogen (secondary N) is 2. The first kappa shape index (κ1) is 32.8. The minimum atomic E-state index is -4.05. The highest BCUT2D eigenvalue weighted by molar-refractivity contribution is 8.56. The van der Waals surface area contributed by atoms with Crippen molar-refractivity contribution >= 4 is 53.1 Å². The third-order valence-corrected chi connectivity index (χ3v) is 10.8. The van der Waals surface area contributed by atoms with Crippen LogP contribution in [-0.4, -0.2) is 115 Å². The Hall–Kier alpha value is -3.06. The number of carbonyl (C=O) groups excluding carboxylic acids is 3. The first-order valence-electron chi connectivity index (χ1n) is 13.1. The maximum Gasteiger partial charge on any atom is 0.327 e. The molecule has 3 amide bonds. The molecule has 2 aromatic rings. The number of nitrogens with two attached hydrogens (primary N) is 1. The van der Waals surface area contributed by atoms with E-state index in [9.17, 15) is 29.2 Å². The average molecular weight is 647 g/mol. The molecule has 7 atom stereocenters. The standard InChI is InChI=1S/C23H35N8O10PS/c1-10(2)40-19(34)11(3)29-42(37,43-8-12-18(33)30(5)22(35)26-12)39-7-13-15(32)23(4,36)20(41-13)31-9-25-14-16(31)27-21(24)28-17(14)38-6/h9-13,15,20,32,36H,7-8H2,1-6H3,(H,26,35)(H,29,37)(H2,24,27,28)/t11-,12-,13-,15-,20-,23-,42?/m1/s1. The summed E-state index contributed by atoms with van der Waals surface area (Å²) in [4.78, 5) is 49.9. The normalized spacial score (nSPS) is 27.9. The van der Waals surface area contributed by atoms with Crippen LogP contribution in [0.15, 0.2) is 6.33 Å². The van der Waals surface area contributed by atoms with Crippen LogP contribution < -0.4 is 20.9 Å². The fraction of sp³-hybridized carbons (Fsp3) is 0.652. The van der Waals surface area contributed by atoms with Gasteiger partial charge in [0.2, 0.25) is 11.8 Å². The second kappa shape index (κ2) is 12.5. The van der Waals surface area contributed by atoms with Crippen molar-refractivity contribution in [2.45, 2.75) is 69.9 Å². The van der Waals surface area contributed by atoms with E-state index in [-0.39, 0.29) is 28.7 Å². The molecular formula is C23H35N8O10PS. The first-order chi connectivity index (χ1) is 20.1. The maximum atomic E-state index is 14.0. The molecule has 0 aliphatic carbocycles. The number of amides is 3. The lowest BCUT2D eigenvalue weighted by Gasteiger charge is -2.27. The van der Waals surface area contributed by atoms with E-state index in [1.165, 1.54) is 38.9 Å². The second-order valence-electron chi connectivity index (χ2n) is 10.4. The quantitative estimate of drug-likeness (QED) is 0.114. The van der Waals surface area contributed by atoms with Gasteiger partial charge in [0.15, 0.2) is 17.4 Å². The van der Waals surface area contributed by atoms with Crippen LogP contribution in [-0.2, 0) is 28.2 Å². The van der Waals surface area contributed by atoms with Crippen molar-refractivity contribution in [2.24, 2.45) is 0 Å². The first-order valence-corrected chi connectivity index (χ1v) is 16.3. The monoisotopic (exact) mass is 646 g/mol. The molecule has 2 saturated heterocycles. The molecule has 4 rings (SSSR count). The van der Waals surface area contributed by atoms with Crippen molar-refractivity contribution < 1.29 is 47.9 Å². The summed E-state index contributed by atoms with van der Waals surface area (Å²) in [7, 11) is 2.68. The molecule has 2 aromatic heterocycles. The number of imidazole rings is 1. The highest BCUT2D eigenvalue weighted by Gasteiger charge is 2.54. The molecule has 6 N–H and O–H groups in total. The number of ether oxygens (including phenoxy) is 3. The van der Waals surface area contributed by atoms with E-state index in [0.29, 0.717) is 11.4 Å². The predicted octanol–water partition coefficient (Wildman–Crippen LogP) is -0.236. The fourth-order valence-corrected chi connectivity index (χ4v) is 8.29. The van der Waals surface area contributed by atoms with Crippen LogP contribution in [0.3, 0.4) is 0 Å². The fourth-order valence-electron chi connectivity index (χ4n) is 4.43. The zero-order chi connectivity index (χ0) is 31.9. The lowest BCUT2D eigenvalue weighted by Crippen LogP contribution is -2.44. The van der Waals surface area contributed by atoms with Gasteiger partial charge < -0.3 is 40.0 Å². The minimum absolute atomic E-state index is 0.0941. The number of rotatable bonds is 12. The Bertz CT molecular complexity index is 1440. The molecule has 0 saturated carbocycles. The van der Waals surface area contributed by atoms with E-state index < -0.39 is 73.5 Å². The molecule has 43 heavy (non-hydrogen) atoms. The van der Waals surface area contributed by atoms with Gasteiger partial charge in [0.25, 0.3) is 5.91 Å². The zero-order valence-electron chi connectivity index (χ0n) is 24.3. The number of methoxy groups -OCH3 is 1. The number of esters is 1. The third-order valence-electron chi connectivity index (χ3n) is 6.72. The van der Waals surface area contributed by atoms with Gasteiger partial charge >= 0.3 is 18.7 Å². The Morgan fingerprint density at radius 1 is 1.35 bits per heavy atom. The van der Waals surface area contributed by atoms with Crippen molar-refractivity contribution in [1.29, 1.82) is 0 Å². The Balaban J connectivity index is 1.53. The van der Waals surface area contributed by atoms with Gasteiger partial charge in [-0.05, 0) is 27.7 Å². The number of anilines is 1. The van der Waals surface area contributed by atoms with Gasteiger partial charge in [-0.3, -0.25) is 23.6 Å². The molecule has 0 radical (unpaired) electrons. The largest absolute Gasteiger partial charge is 0.479 e. The number of nitrogen functional groups attached to an aromatic ring is 1. The van der Waals surface area contributed by atoms with Crippen LogP contribution in [0.5, 0.6) is 5.88 Å². The van der Waals surface area contributed by atoms with E-state index in [2.05, 4.69) is 25.4 Å². The molecule has 2 aliphatic heterocycles. The summed E-state index contributed by atoms with van der Waals surface area (Å²) >= 11 is 0.677. The SMILES string of the molecule is COc1nc(N)nc2c1ncn2[C@@H]1O[C@H](COP(=O)(N[C@H](C)C(=O)OC(C)C)SC[C@H]2NC(=O)N(C)C2=O)[C@@H](O)[C@@]1(C)O. The van der Waals surface area contributed by atoms with Crippen molar-refractivity contribution in [3.8, 4) is 5.88 Å². The lowest BCUT2D eigenvalue weighted by atomic mass is 9.96. The summed E-state index contributed by atoms with van der Waals surface area (Å²) < 4.78 is 37.4. The van der Waals surface area contributed by atoms with Gasteiger partial charge in [0, 0.05) is 12.8 Å². The molecule has 0 spiro atoms. The average Bonchev–Trinajstić information content (AvgIpc) is 3.53. The topological polar surface area (TPSA) is 243 Å². The second-order valence-corrected chi connectivity index (χ2v) is 14.8. The summed E-state index contributed by atoms with van der Waals surface area (Å²) in [6.07, 6.45) is -3.16. The molecule has 18 nitrogen and oxygen atoms in total. The molecule has 20 heteroatoms. The van der Waals surface area contributed by atoms with Crippen LogP contribution in [0.4, 0.5) is 10.7 Å². The summed E-state index contributed by atoms with van der Waals surface area (Å²) in [6, 6.07) is -2.70. The van der Waals surface area contributed by atoms with Crippen LogP contribution in [0.2, 0.25) is 0 Å². The molecule has 0 bridgehead atoms. The Labute approximate surface area is 250 Å². The Kier molecular flexibility index (Phi) is 9.55. The van der Waals surface area contributed by atoms with E-state index in [4.69, 9.17) is 24.5 Å². The number of carbonyl (C=O) groups is 3. The van der Waals surface area contributed by atoms with E-state index in [0.717, 1.165) is 4.90 Å². The predicted molar refractivity (Wildman–Crippen MR) is 152 cm³/mol. The van der Waals surface area contributed by atoms with Gasteiger partial charge in [-0.15, -0.1) is 0 Å². The summed E-state index contributed by atoms with van der Waals surface area (Å²) in [5.74, 6) is -1.42. The van der Waals surface area contributed by atoms with Gasteiger partial charge in [-0.1, -0.05) is 11.4 Å². The molecule has 1 unspecified atom stereocenters. The van der Waals surface area contributed by atoms with Gasteiger partial charge in [-0.2, -0.15) is 9.97 Å². The number of nitrogens with zero attached hydrogens (tertiary/aromatic N) is 5. The number of imide groups is 1. The number of urea groups is 1. The van der Waals surface area contributed by atoms with Crippen molar-refractivity contribution in [1.82, 2.24) is 34.8 Å². The maximum absolute atomic E-state index is 14.0. The summed E-state index contributed by atoms with van der Waals surface area (Å²) in [6.45, 7) is 1.49. The molecule has 2 fully saturated rings. The van der Waals surface area contributed by atoms with Crippen LogP contribution in [0.25, 0.3) is 11.2 Å². The van der Waals surface area contributed by atoms with Crippen molar-refractivity contribution in [3.05, 3.63) is 6.33 Å². The van der Waals surface area contributed by atoms with E-state index in [1.54, 1.807) is 13.8 Å². The van der Waals surface area contributed by atoms with Crippen LogP contribution in [0, 0.1) is 0 Å². The molecule has 4 heterocycles.